The van der Waals surface area contributed by atoms with Gasteiger partial charge < -0.3 is 19.5 Å². The normalized spacial score (nSPS) is 17.3. The van der Waals surface area contributed by atoms with Crippen LogP contribution in [0.2, 0.25) is 10.0 Å². The Balaban J connectivity index is 1.72. The molecule has 0 fully saturated rings. The number of aromatic nitrogens is 2. The zero-order valence-corrected chi connectivity index (χ0v) is 24.4. The van der Waals surface area contributed by atoms with Gasteiger partial charge in [0, 0.05) is 53.2 Å². The fourth-order valence-corrected chi connectivity index (χ4v) is 6.14. The Labute approximate surface area is 246 Å². The first-order valence-electron chi connectivity index (χ1n) is 12.9. The summed E-state index contributed by atoms with van der Waals surface area (Å²) in [7, 11) is 5.41. The van der Waals surface area contributed by atoms with Crippen LogP contribution in [-0.2, 0) is 10.3 Å². The van der Waals surface area contributed by atoms with E-state index in [1.807, 2.05) is 55.6 Å². The van der Waals surface area contributed by atoms with E-state index < -0.39 is 23.2 Å². The van der Waals surface area contributed by atoms with E-state index in [0.717, 1.165) is 10.6 Å². The van der Waals surface area contributed by atoms with Crippen molar-refractivity contribution in [2.45, 2.75) is 25.4 Å². The fraction of sp³-hybridized carbons (Fsp3) is 0.233. The van der Waals surface area contributed by atoms with Crippen LogP contribution < -0.4 is 19.9 Å². The van der Waals surface area contributed by atoms with E-state index in [-0.39, 0.29) is 22.4 Å². The Morgan fingerprint density at radius 2 is 1.73 bits per heavy atom. The van der Waals surface area contributed by atoms with Crippen molar-refractivity contribution in [3.8, 4) is 17.1 Å². The minimum absolute atomic E-state index is 0.0322. The molecule has 1 atom stereocenters. The molecule has 11 heteroatoms. The largest absolute Gasteiger partial charge is 0.496 e. The van der Waals surface area contributed by atoms with E-state index in [4.69, 9.17) is 32.9 Å². The lowest BCUT2D eigenvalue weighted by atomic mass is 9.87. The molecule has 0 unspecified atom stereocenters. The Bertz CT molecular complexity index is 1770. The van der Waals surface area contributed by atoms with Crippen molar-refractivity contribution in [2.24, 2.45) is 0 Å². The summed E-state index contributed by atoms with van der Waals surface area (Å²) in [4.78, 5) is 36.5. The number of carbonyl (C=O) groups is 2. The van der Waals surface area contributed by atoms with Crippen molar-refractivity contribution in [1.82, 2.24) is 9.55 Å². The molecule has 3 heterocycles. The molecular weight excluding hydrogens is 568 g/mol. The van der Waals surface area contributed by atoms with E-state index in [0.29, 0.717) is 39.1 Å². The summed E-state index contributed by atoms with van der Waals surface area (Å²) in [6.45, 7) is 3.87. The van der Waals surface area contributed by atoms with Crippen LogP contribution in [0.4, 0.5) is 21.5 Å². The SMILES string of the molecule is COc1cc(N(C)C)ccc1-c1nc2c(n1C(C)C)[C@@]1(C(=O)Nc3cc(Cl)ccc31)N(c1cc(Cl)ccc1F)C2=O. The molecule has 1 spiro atoms. The molecule has 0 aliphatic carbocycles. The van der Waals surface area contributed by atoms with Crippen molar-refractivity contribution in [3.63, 3.8) is 0 Å². The molecule has 1 N–H and O–H groups in total. The second-order valence-corrected chi connectivity index (χ2v) is 11.3. The van der Waals surface area contributed by atoms with Gasteiger partial charge in [0.2, 0.25) is 0 Å². The number of hydrogen-bond donors (Lipinski definition) is 1. The van der Waals surface area contributed by atoms with Crippen molar-refractivity contribution < 1.29 is 18.7 Å². The molecule has 4 aromatic rings. The number of methoxy groups -OCH3 is 1. The number of anilines is 3. The minimum atomic E-state index is -1.79. The number of nitrogens with zero attached hydrogens (tertiary/aromatic N) is 4. The molecular formula is C30H26Cl2FN5O3. The van der Waals surface area contributed by atoms with Crippen molar-refractivity contribution in [1.29, 1.82) is 0 Å². The summed E-state index contributed by atoms with van der Waals surface area (Å²) < 4.78 is 23.1. The Morgan fingerprint density at radius 1 is 1.02 bits per heavy atom. The molecule has 2 aliphatic heterocycles. The third kappa shape index (κ3) is 3.75. The quantitative estimate of drug-likeness (QED) is 0.285. The number of amides is 2. The highest BCUT2D eigenvalue weighted by atomic mass is 35.5. The number of halogens is 3. The third-order valence-electron chi connectivity index (χ3n) is 7.55. The zero-order chi connectivity index (χ0) is 29.4. The predicted molar refractivity (Wildman–Crippen MR) is 158 cm³/mol. The minimum Gasteiger partial charge on any atom is -0.496 e. The van der Waals surface area contributed by atoms with Crippen LogP contribution in [0.15, 0.2) is 54.6 Å². The fourth-order valence-electron chi connectivity index (χ4n) is 5.80. The van der Waals surface area contributed by atoms with Crippen molar-refractivity contribution in [3.05, 3.63) is 87.4 Å². The molecule has 2 amide bonds. The number of carbonyl (C=O) groups excluding carboxylic acids is 2. The van der Waals surface area contributed by atoms with Crippen LogP contribution in [0.25, 0.3) is 11.4 Å². The average molecular weight is 594 g/mol. The van der Waals surface area contributed by atoms with E-state index >= 15 is 4.39 Å². The van der Waals surface area contributed by atoms with E-state index in [2.05, 4.69) is 5.32 Å². The van der Waals surface area contributed by atoms with Crippen LogP contribution in [0.1, 0.15) is 41.6 Å². The van der Waals surface area contributed by atoms with Crippen molar-refractivity contribution in [2.75, 3.05) is 36.3 Å². The van der Waals surface area contributed by atoms with Gasteiger partial charge in [-0.25, -0.2) is 9.37 Å². The van der Waals surface area contributed by atoms with Gasteiger partial charge in [0.25, 0.3) is 11.8 Å². The molecule has 0 saturated heterocycles. The zero-order valence-electron chi connectivity index (χ0n) is 22.9. The second kappa shape index (κ2) is 9.49. The molecule has 8 nitrogen and oxygen atoms in total. The lowest BCUT2D eigenvalue weighted by Crippen LogP contribution is -2.51. The van der Waals surface area contributed by atoms with Gasteiger partial charge in [0.05, 0.1) is 24.1 Å². The number of hydrogen-bond acceptors (Lipinski definition) is 5. The maximum atomic E-state index is 15.5. The van der Waals surface area contributed by atoms with E-state index in [1.54, 1.807) is 25.3 Å². The van der Waals surface area contributed by atoms with Crippen LogP contribution in [0.5, 0.6) is 5.75 Å². The topological polar surface area (TPSA) is 79.7 Å². The highest BCUT2D eigenvalue weighted by Crippen LogP contribution is 2.55. The first kappa shape index (κ1) is 27.1. The molecule has 0 radical (unpaired) electrons. The summed E-state index contributed by atoms with van der Waals surface area (Å²) in [5.41, 5.74) is 0.848. The summed E-state index contributed by atoms with van der Waals surface area (Å²) in [6.07, 6.45) is 0. The first-order chi connectivity index (χ1) is 19.5. The maximum absolute atomic E-state index is 15.5. The molecule has 3 aromatic carbocycles. The monoisotopic (exact) mass is 593 g/mol. The second-order valence-electron chi connectivity index (χ2n) is 10.5. The van der Waals surface area contributed by atoms with Crippen LogP contribution >= 0.6 is 23.2 Å². The summed E-state index contributed by atoms with van der Waals surface area (Å²) in [5, 5.41) is 3.49. The maximum Gasteiger partial charge on any atom is 0.280 e. The highest BCUT2D eigenvalue weighted by molar-refractivity contribution is 6.32. The van der Waals surface area contributed by atoms with Crippen LogP contribution in [0, 0.1) is 5.82 Å². The Hall–Kier alpha value is -4.08. The van der Waals surface area contributed by atoms with E-state index in [9.17, 15) is 9.59 Å². The smallest absolute Gasteiger partial charge is 0.280 e. The van der Waals surface area contributed by atoms with Gasteiger partial charge in [-0.05, 0) is 56.3 Å². The number of benzene rings is 3. The third-order valence-corrected chi connectivity index (χ3v) is 8.02. The van der Waals surface area contributed by atoms with Gasteiger partial charge in [-0.15, -0.1) is 0 Å². The summed E-state index contributed by atoms with van der Waals surface area (Å²) in [6, 6.07) is 14.2. The van der Waals surface area contributed by atoms with Gasteiger partial charge in [-0.3, -0.25) is 14.5 Å². The number of ether oxygens (including phenoxy) is 1. The first-order valence-corrected chi connectivity index (χ1v) is 13.7. The molecule has 6 rings (SSSR count). The molecule has 0 saturated carbocycles. The van der Waals surface area contributed by atoms with Gasteiger partial charge >= 0.3 is 0 Å². The van der Waals surface area contributed by atoms with Crippen LogP contribution in [0.3, 0.4) is 0 Å². The highest BCUT2D eigenvalue weighted by Gasteiger charge is 2.64. The number of rotatable bonds is 5. The number of nitrogens with one attached hydrogen (secondary N) is 1. The molecule has 0 bridgehead atoms. The lowest BCUT2D eigenvalue weighted by molar-refractivity contribution is -0.119. The predicted octanol–water partition coefficient (Wildman–Crippen LogP) is 6.51. The Morgan fingerprint density at radius 3 is 2.41 bits per heavy atom. The summed E-state index contributed by atoms with van der Waals surface area (Å²) in [5.74, 6) is -0.890. The van der Waals surface area contributed by atoms with E-state index in [1.165, 1.54) is 18.2 Å². The molecule has 1 aromatic heterocycles. The number of imidazole rings is 1. The molecule has 2 aliphatic rings. The lowest BCUT2D eigenvalue weighted by Gasteiger charge is -2.36. The van der Waals surface area contributed by atoms with Crippen molar-refractivity contribution >= 4 is 52.1 Å². The van der Waals surface area contributed by atoms with Crippen LogP contribution in [-0.4, -0.2) is 42.6 Å². The number of fused-ring (bicyclic) bond motifs is 4. The molecule has 41 heavy (non-hydrogen) atoms. The Kier molecular flexibility index (Phi) is 6.28. The summed E-state index contributed by atoms with van der Waals surface area (Å²) >= 11 is 12.6. The molecule has 210 valence electrons. The average Bonchev–Trinajstić information content (AvgIpc) is 3.53. The standard InChI is InChI=1S/C30H26Cl2FN5O3/c1-15(2)37-26-25(35-27(37)19-9-8-18(36(3)4)14-24(19)41-5)28(39)38(23-13-17(32)7-11-21(23)33)30(26)20-10-6-16(31)12-22(20)34-29(30)40/h6-15H,1-5H3,(H,34,40)/t30-/m0/s1. The van der Waals surface area contributed by atoms with Gasteiger partial charge in [-0.1, -0.05) is 29.3 Å². The van der Waals surface area contributed by atoms with Gasteiger partial charge in [0.1, 0.15) is 17.4 Å². The van der Waals surface area contributed by atoms with Gasteiger partial charge in [-0.2, -0.15) is 0 Å². The van der Waals surface area contributed by atoms with Gasteiger partial charge in [0.15, 0.2) is 11.2 Å².